The fourth-order valence-electron chi connectivity index (χ4n) is 5.37. The van der Waals surface area contributed by atoms with Gasteiger partial charge >= 0.3 is 0 Å². The molecule has 0 aliphatic carbocycles. The van der Waals surface area contributed by atoms with E-state index in [9.17, 15) is 9.59 Å². The molecule has 0 radical (unpaired) electrons. The van der Waals surface area contributed by atoms with Crippen molar-refractivity contribution in [3.63, 3.8) is 0 Å². The molecule has 3 rings (SSSR count). The van der Waals surface area contributed by atoms with Gasteiger partial charge in [0, 0.05) is 23.2 Å². The van der Waals surface area contributed by atoms with E-state index in [2.05, 4.69) is 32.6 Å². The molecule has 0 unspecified atom stereocenters. The van der Waals surface area contributed by atoms with E-state index < -0.39 is 0 Å². The molecule has 0 saturated heterocycles. The predicted octanol–water partition coefficient (Wildman–Crippen LogP) is 8.45. The van der Waals surface area contributed by atoms with Gasteiger partial charge in [-0.3, -0.25) is 9.59 Å². The van der Waals surface area contributed by atoms with Gasteiger partial charge in [0.2, 0.25) is 0 Å². The Kier molecular flexibility index (Phi) is 10.1. The summed E-state index contributed by atoms with van der Waals surface area (Å²) in [4.78, 5) is 30.6. The Labute approximate surface area is 211 Å². The Balaban J connectivity index is 2.23. The van der Waals surface area contributed by atoms with Crippen LogP contribution in [0.15, 0.2) is 66.7 Å². The summed E-state index contributed by atoms with van der Waals surface area (Å²) in [5.74, 6) is -0.0791. The van der Waals surface area contributed by atoms with Crippen LogP contribution >= 0.6 is 0 Å². The predicted molar refractivity (Wildman–Crippen MR) is 147 cm³/mol. The Morgan fingerprint density at radius 2 is 1.17 bits per heavy atom. The molecule has 0 bridgehead atoms. The molecule has 186 valence electrons. The van der Waals surface area contributed by atoms with Crippen LogP contribution in [0.5, 0.6) is 0 Å². The number of carbonyl (C=O) groups is 2. The van der Waals surface area contributed by atoms with Crippen molar-refractivity contribution in [3.05, 3.63) is 83.4 Å². The maximum Gasteiger partial charge on any atom is 0.255 e. The van der Waals surface area contributed by atoms with Crippen LogP contribution in [0.1, 0.15) is 105 Å². The summed E-state index contributed by atoms with van der Waals surface area (Å²) in [6.45, 7) is 8.79. The average molecular weight is 472 g/mol. The van der Waals surface area contributed by atoms with Gasteiger partial charge in [-0.25, -0.2) is 0 Å². The van der Waals surface area contributed by atoms with Crippen LogP contribution in [0.3, 0.4) is 0 Å². The second-order valence-corrected chi connectivity index (χ2v) is 9.58. The lowest BCUT2D eigenvalue weighted by Gasteiger charge is -2.39. The number of carbonyl (C=O) groups excluding carboxylic acids is 2. The van der Waals surface area contributed by atoms with Crippen LogP contribution in [0.25, 0.3) is 10.8 Å². The molecule has 0 aromatic heterocycles. The standard InChI is InChI=1S/C32H41NO2/c1-5-14-26(15-6-2)33(27(16-7-3)17-8-4)32(35)30-28-21-13-12-18-24(28)22-23-29(30)31(34)25-19-10-9-11-20-25/h9-13,18-23,26-27H,5-8,14-17H2,1-4H3. The van der Waals surface area contributed by atoms with Crippen molar-refractivity contribution in [2.45, 2.75) is 91.1 Å². The second kappa shape index (κ2) is 13.2. The fourth-order valence-corrected chi connectivity index (χ4v) is 5.37. The number of hydrogen-bond acceptors (Lipinski definition) is 2. The van der Waals surface area contributed by atoms with Gasteiger partial charge in [-0.2, -0.15) is 0 Å². The first-order valence-electron chi connectivity index (χ1n) is 13.5. The van der Waals surface area contributed by atoms with Gasteiger partial charge in [0.25, 0.3) is 5.91 Å². The zero-order valence-electron chi connectivity index (χ0n) is 21.9. The van der Waals surface area contributed by atoms with E-state index in [-0.39, 0.29) is 23.8 Å². The lowest BCUT2D eigenvalue weighted by Crippen LogP contribution is -2.47. The first-order valence-corrected chi connectivity index (χ1v) is 13.5. The zero-order valence-corrected chi connectivity index (χ0v) is 21.9. The monoisotopic (exact) mass is 471 g/mol. The molecule has 35 heavy (non-hydrogen) atoms. The topological polar surface area (TPSA) is 37.4 Å². The van der Waals surface area contributed by atoms with Gasteiger partial charge in [0.05, 0.1) is 5.56 Å². The fraction of sp³-hybridized carbons (Fsp3) is 0.438. The van der Waals surface area contributed by atoms with E-state index in [1.807, 2.05) is 66.7 Å². The lowest BCUT2D eigenvalue weighted by molar-refractivity contribution is 0.0510. The molecule has 3 heteroatoms. The third-order valence-corrected chi connectivity index (χ3v) is 6.93. The normalized spacial score (nSPS) is 11.4. The molecular formula is C32H41NO2. The number of fused-ring (bicyclic) bond motifs is 1. The number of amides is 1. The highest BCUT2D eigenvalue weighted by molar-refractivity contribution is 6.20. The van der Waals surface area contributed by atoms with Gasteiger partial charge in [-0.05, 0) is 42.5 Å². The maximum atomic E-state index is 14.7. The summed E-state index contributed by atoms with van der Waals surface area (Å²) in [5, 5.41) is 1.85. The highest BCUT2D eigenvalue weighted by Gasteiger charge is 2.33. The van der Waals surface area contributed by atoms with E-state index in [4.69, 9.17) is 0 Å². The van der Waals surface area contributed by atoms with Crippen LogP contribution in [0.2, 0.25) is 0 Å². The molecule has 0 atom stereocenters. The van der Waals surface area contributed by atoms with Crippen LogP contribution in [-0.2, 0) is 0 Å². The Bertz CT molecular complexity index is 1080. The van der Waals surface area contributed by atoms with Crippen LogP contribution in [0.4, 0.5) is 0 Å². The summed E-state index contributed by atoms with van der Waals surface area (Å²) in [6, 6.07) is 21.5. The zero-order chi connectivity index (χ0) is 25.2. The van der Waals surface area contributed by atoms with Crippen molar-refractivity contribution in [1.29, 1.82) is 0 Å². The average Bonchev–Trinajstić information content (AvgIpc) is 2.88. The molecular weight excluding hydrogens is 430 g/mol. The highest BCUT2D eigenvalue weighted by Crippen LogP contribution is 2.31. The summed E-state index contributed by atoms with van der Waals surface area (Å²) in [7, 11) is 0. The van der Waals surface area contributed by atoms with Crippen molar-refractivity contribution in [3.8, 4) is 0 Å². The first kappa shape index (κ1) is 26.7. The largest absolute Gasteiger partial charge is 0.333 e. The SMILES string of the molecule is CCCC(CCC)N(C(=O)c1c(C(=O)c2ccccc2)ccc2ccccc12)C(CCC)CCC. The summed E-state index contributed by atoms with van der Waals surface area (Å²) in [5.41, 5.74) is 1.68. The molecule has 0 fully saturated rings. The number of hydrogen-bond donors (Lipinski definition) is 0. The highest BCUT2D eigenvalue weighted by atomic mass is 16.2. The first-order chi connectivity index (χ1) is 17.1. The molecule has 0 heterocycles. The number of ketones is 1. The third-order valence-electron chi connectivity index (χ3n) is 6.93. The third kappa shape index (κ3) is 6.20. The van der Waals surface area contributed by atoms with Gasteiger partial charge in [-0.15, -0.1) is 0 Å². The summed E-state index contributed by atoms with van der Waals surface area (Å²) in [6.07, 6.45) is 8.06. The van der Waals surface area contributed by atoms with Gasteiger partial charge in [0.15, 0.2) is 5.78 Å². The molecule has 0 N–H and O–H groups in total. The lowest BCUT2D eigenvalue weighted by atomic mass is 9.90. The van der Waals surface area contributed by atoms with E-state index in [1.165, 1.54) is 0 Å². The number of benzene rings is 3. The molecule has 3 aromatic rings. The number of nitrogens with zero attached hydrogens (tertiary/aromatic N) is 1. The molecule has 0 aliphatic heterocycles. The molecule has 0 aliphatic rings. The van der Waals surface area contributed by atoms with Crippen LogP contribution in [0, 0.1) is 0 Å². The van der Waals surface area contributed by atoms with E-state index in [0.717, 1.165) is 62.1 Å². The molecule has 3 nitrogen and oxygen atoms in total. The summed E-state index contributed by atoms with van der Waals surface area (Å²) < 4.78 is 0. The maximum absolute atomic E-state index is 14.7. The molecule has 3 aromatic carbocycles. The Morgan fingerprint density at radius 3 is 1.71 bits per heavy atom. The quantitative estimate of drug-likeness (QED) is 0.234. The molecule has 1 amide bonds. The van der Waals surface area contributed by atoms with Gasteiger partial charge in [-0.1, -0.05) is 114 Å². The van der Waals surface area contributed by atoms with E-state index in [1.54, 1.807) is 0 Å². The Hall–Kier alpha value is -2.94. The van der Waals surface area contributed by atoms with Crippen LogP contribution < -0.4 is 0 Å². The van der Waals surface area contributed by atoms with Crippen molar-refractivity contribution in [2.75, 3.05) is 0 Å². The minimum atomic E-state index is -0.0929. The minimum Gasteiger partial charge on any atom is -0.333 e. The minimum absolute atomic E-state index is 0.0138. The van der Waals surface area contributed by atoms with Crippen molar-refractivity contribution < 1.29 is 9.59 Å². The van der Waals surface area contributed by atoms with Crippen LogP contribution in [-0.4, -0.2) is 28.7 Å². The number of rotatable bonds is 13. The van der Waals surface area contributed by atoms with Crippen molar-refractivity contribution in [2.24, 2.45) is 0 Å². The van der Waals surface area contributed by atoms with Gasteiger partial charge in [0.1, 0.15) is 0 Å². The Morgan fingerprint density at radius 1 is 0.657 bits per heavy atom. The van der Waals surface area contributed by atoms with Gasteiger partial charge < -0.3 is 4.90 Å². The van der Waals surface area contributed by atoms with Crippen molar-refractivity contribution >= 4 is 22.5 Å². The second-order valence-electron chi connectivity index (χ2n) is 9.58. The van der Waals surface area contributed by atoms with Crippen molar-refractivity contribution in [1.82, 2.24) is 4.90 Å². The van der Waals surface area contributed by atoms with E-state index >= 15 is 0 Å². The summed E-state index contributed by atoms with van der Waals surface area (Å²) >= 11 is 0. The smallest absolute Gasteiger partial charge is 0.255 e. The molecule has 0 spiro atoms. The molecule has 0 saturated carbocycles. The van der Waals surface area contributed by atoms with E-state index in [0.29, 0.717) is 16.7 Å².